The zero-order valence-electron chi connectivity index (χ0n) is 10.7. The summed E-state index contributed by atoms with van der Waals surface area (Å²) in [6.07, 6.45) is 2.15. The molecule has 1 aromatic rings. The van der Waals surface area contributed by atoms with Crippen LogP contribution in [0.3, 0.4) is 0 Å². The van der Waals surface area contributed by atoms with E-state index in [4.69, 9.17) is 0 Å². The standard InChI is InChI=1S/C12H16N4O2/c1-12(2,3)16-10(17)9-4-7-8(14-6-13-7)5-15(9)11(16)18/h6,9H,4-5H2,1-3H3,(H,13,14). The van der Waals surface area contributed by atoms with Gasteiger partial charge in [0.1, 0.15) is 6.04 Å². The number of carbonyl (C=O) groups is 2. The van der Waals surface area contributed by atoms with E-state index in [0.717, 1.165) is 11.4 Å². The lowest BCUT2D eigenvalue weighted by molar-refractivity contribution is -0.131. The average molecular weight is 248 g/mol. The van der Waals surface area contributed by atoms with Crippen molar-refractivity contribution >= 4 is 11.9 Å². The molecule has 3 heterocycles. The summed E-state index contributed by atoms with van der Waals surface area (Å²) in [5.74, 6) is -0.104. The van der Waals surface area contributed by atoms with E-state index in [0.29, 0.717) is 13.0 Å². The molecule has 1 atom stereocenters. The number of aromatic amines is 1. The van der Waals surface area contributed by atoms with E-state index in [1.165, 1.54) is 4.90 Å². The molecule has 2 aliphatic rings. The van der Waals surface area contributed by atoms with E-state index in [2.05, 4.69) is 9.97 Å². The van der Waals surface area contributed by atoms with E-state index in [1.807, 2.05) is 20.8 Å². The Morgan fingerprint density at radius 1 is 1.39 bits per heavy atom. The molecule has 1 aromatic heterocycles. The van der Waals surface area contributed by atoms with Crippen LogP contribution in [-0.2, 0) is 17.8 Å². The van der Waals surface area contributed by atoms with E-state index in [-0.39, 0.29) is 18.0 Å². The first-order chi connectivity index (χ1) is 8.39. The highest BCUT2D eigenvalue weighted by Crippen LogP contribution is 2.32. The predicted molar refractivity (Wildman–Crippen MR) is 63.6 cm³/mol. The second-order valence-electron chi connectivity index (χ2n) is 5.80. The Morgan fingerprint density at radius 3 is 2.78 bits per heavy atom. The molecule has 6 nitrogen and oxygen atoms in total. The molecule has 3 rings (SSSR count). The number of aromatic nitrogens is 2. The number of carbonyl (C=O) groups excluding carboxylic acids is 2. The number of hydrogen-bond acceptors (Lipinski definition) is 3. The first-order valence-corrected chi connectivity index (χ1v) is 6.05. The molecule has 0 radical (unpaired) electrons. The largest absolute Gasteiger partial charge is 0.348 e. The molecule has 6 heteroatoms. The number of fused-ring (bicyclic) bond motifs is 2. The Bertz CT molecular complexity index is 490. The zero-order chi connectivity index (χ0) is 13.1. The number of nitrogens with zero attached hydrogens (tertiary/aromatic N) is 3. The summed E-state index contributed by atoms with van der Waals surface area (Å²) in [6, 6.07) is -0.573. The molecule has 0 aliphatic carbocycles. The Kier molecular flexibility index (Phi) is 2.09. The lowest BCUT2D eigenvalue weighted by atomic mass is 10.0. The highest BCUT2D eigenvalue weighted by atomic mass is 16.2. The van der Waals surface area contributed by atoms with Crippen LogP contribution in [0.4, 0.5) is 4.79 Å². The molecule has 0 bridgehead atoms. The smallest absolute Gasteiger partial charge is 0.328 e. The van der Waals surface area contributed by atoms with Gasteiger partial charge < -0.3 is 9.88 Å². The van der Waals surface area contributed by atoms with Crippen molar-refractivity contribution in [1.29, 1.82) is 0 Å². The summed E-state index contributed by atoms with van der Waals surface area (Å²) < 4.78 is 0. The fraction of sp³-hybridized carbons (Fsp3) is 0.583. The van der Waals surface area contributed by atoms with Crippen molar-refractivity contribution in [2.45, 2.75) is 45.3 Å². The quantitative estimate of drug-likeness (QED) is 0.693. The molecular formula is C12H16N4O2. The number of nitrogens with one attached hydrogen (secondary N) is 1. The first kappa shape index (κ1) is 11.3. The summed E-state index contributed by atoms with van der Waals surface area (Å²) in [5.41, 5.74) is 1.35. The fourth-order valence-electron chi connectivity index (χ4n) is 2.65. The number of rotatable bonds is 0. The summed E-state index contributed by atoms with van der Waals surface area (Å²) in [5, 5.41) is 0. The normalized spacial score (nSPS) is 23.4. The molecule has 3 amide bonds. The van der Waals surface area contributed by atoms with Gasteiger partial charge in [0.15, 0.2) is 0 Å². The topological polar surface area (TPSA) is 69.3 Å². The summed E-state index contributed by atoms with van der Waals surface area (Å²) in [7, 11) is 0. The molecule has 18 heavy (non-hydrogen) atoms. The van der Waals surface area contributed by atoms with Gasteiger partial charge in [-0.1, -0.05) is 0 Å². The molecule has 1 saturated heterocycles. The second kappa shape index (κ2) is 3.34. The van der Waals surface area contributed by atoms with Gasteiger partial charge in [-0.15, -0.1) is 0 Å². The molecule has 1 N–H and O–H groups in total. The van der Waals surface area contributed by atoms with Gasteiger partial charge in [-0.05, 0) is 20.8 Å². The first-order valence-electron chi connectivity index (χ1n) is 6.05. The fourth-order valence-corrected chi connectivity index (χ4v) is 2.65. The highest BCUT2D eigenvalue weighted by Gasteiger charge is 2.51. The lowest BCUT2D eigenvalue weighted by Gasteiger charge is -2.29. The SMILES string of the molecule is CC(C)(C)N1C(=O)C2Cc3[nH]cnc3CN2C1=O. The summed E-state index contributed by atoms with van der Waals surface area (Å²) in [4.78, 5) is 34.9. The van der Waals surface area contributed by atoms with Crippen molar-refractivity contribution in [3.8, 4) is 0 Å². The van der Waals surface area contributed by atoms with E-state index >= 15 is 0 Å². The van der Waals surface area contributed by atoms with Crippen LogP contribution in [0.1, 0.15) is 32.2 Å². The van der Waals surface area contributed by atoms with Gasteiger partial charge in [0.05, 0.1) is 18.6 Å². The van der Waals surface area contributed by atoms with Gasteiger partial charge in [-0.25, -0.2) is 9.78 Å². The van der Waals surface area contributed by atoms with Crippen LogP contribution < -0.4 is 0 Å². The van der Waals surface area contributed by atoms with Crippen LogP contribution in [0.25, 0.3) is 0 Å². The maximum Gasteiger partial charge on any atom is 0.328 e. The number of amides is 3. The highest BCUT2D eigenvalue weighted by molar-refractivity contribution is 6.05. The van der Waals surface area contributed by atoms with Crippen molar-refractivity contribution in [2.24, 2.45) is 0 Å². The molecule has 0 spiro atoms. The van der Waals surface area contributed by atoms with Gasteiger partial charge in [-0.2, -0.15) is 0 Å². The second-order valence-corrected chi connectivity index (χ2v) is 5.80. The molecule has 2 aliphatic heterocycles. The Morgan fingerprint density at radius 2 is 2.11 bits per heavy atom. The Labute approximate surface area is 105 Å². The monoisotopic (exact) mass is 248 g/mol. The predicted octanol–water partition coefficient (Wildman–Crippen LogP) is 0.897. The number of hydrogen-bond donors (Lipinski definition) is 1. The number of urea groups is 1. The minimum atomic E-state index is -0.480. The minimum Gasteiger partial charge on any atom is -0.348 e. The average Bonchev–Trinajstić information content (AvgIpc) is 2.80. The van der Waals surface area contributed by atoms with Crippen molar-refractivity contribution < 1.29 is 9.59 Å². The molecule has 0 saturated carbocycles. The number of imidazole rings is 1. The van der Waals surface area contributed by atoms with Gasteiger partial charge in [0.2, 0.25) is 0 Å². The Hall–Kier alpha value is -1.85. The van der Waals surface area contributed by atoms with E-state index in [9.17, 15) is 9.59 Å². The van der Waals surface area contributed by atoms with Crippen molar-refractivity contribution in [3.05, 3.63) is 17.7 Å². The zero-order valence-corrected chi connectivity index (χ0v) is 10.7. The lowest BCUT2D eigenvalue weighted by Crippen LogP contribution is -2.46. The van der Waals surface area contributed by atoms with E-state index < -0.39 is 5.54 Å². The summed E-state index contributed by atoms with van der Waals surface area (Å²) in [6.45, 7) is 6.04. The van der Waals surface area contributed by atoms with Crippen LogP contribution >= 0.6 is 0 Å². The molecule has 1 unspecified atom stereocenters. The molecule has 1 fully saturated rings. The number of imide groups is 1. The third-order valence-electron chi connectivity index (χ3n) is 3.51. The third-order valence-corrected chi connectivity index (χ3v) is 3.51. The van der Waals surface area contributed by atoms with Crippen LogP contribution in [0.2, 0.25) is 0 Å². The van der Waals surface area contributed by atoms with Crippen molar-refractivity contribution in [1.82, 2.24) is 19.8 Å². The van der Waals surface area contributed by atoms with Gasteiger partial charge in [-0.3, -0.25) is 9.69 Å². The number of H-pyrrole nitrogens is 1. The van der Waals surface area contributed by atoms with Crippen molar-refractivity contribution in [2.75, 3.05) is 0 Å². The minimum absolute atomic E-state index is 0.104. The molecule has 96 valence electrons. The maximum atomic E-state index is 12.4. The third kappa shape index (κ3) is 1.38. The molecule has 0 aromatic carbocycles. The summed E-state index contributed by atoms with van der Waals surface area (Å²) >= 11 is 0. The van der Waals surface area contributed by atoms with Crippen LogP contribution in [0.5, 0.6) is 0 Å². The maximum absolute atomic E-state index is 12.4. The van der Waals surface area contributed by atoms with E-state index in [1.54, 1.807) is 11.2 Å². The van der Waals surface area contributed by atoms with Crippen LogP contribution in [0, 0.1) is 0 Å². The van der Waals surface area contributed by atoms with Gasteiger partial charge >= 0.3 is 6.03 Å². The van der Waals surface area contributed by atoms with Gasteiger partial charge in [0.25, 0.3) is 5.91 Å². The van der Waals surface area contributed by atoms with Crippen LogP contribution in [0.15, 0.2) is 6.33 Å². The Balaban J connectivity index is 1.98. The van der Waals surface area contributed by atoms with Gasteiger partial charge in [0, 0.05) is 17.7 Å². The van der Waals surface area contributed by atoms with Crippen LogP contribution in [-0.4, -0.2) is 43.3 Å². The van der Waals surface area contributed by atoms with Crippen molar-refractivity contribution in [3.63, 3.8) is 0 Å². The molecular weight excluding hydrogens is 232 g/mol.